The summed E-state index contributed by atoms with van der Waals surface area (Å²) in [5, 5.41) is 6.77. The Bertz CT molecular complexity index is 1300. The van der Waals surface area contributed by atoms with E-state index in [-0.39, 0.29) is 18.0 Å². The average molecular weight is 408 g/mol. The Labute approximate surface area is 169 Å². The molecule has 0 bridgehead atoms. The minimum absolute atomic E-state index is 0.0660. The van der Waals surface area contributed by atoms with E-state index in [2.05, 4.69) is 20.4 Å². The second kappa shape index (κ2) is 7.74. The molecule has 0 saturated carbocycles. The number of aryl methyl sites for hydroxylation is 1. The Morgan fingerprint density at radius 1 is 1.20 bits per heavy atom. The first-order chi connectivity index (χ1) is 14.5. The van der Waals surface area contributed by atoms with Crippen LogP contribution in [-0.2, 0) is 11.3 Å². The monoisotopic (exact) mass is 408 g/mol. The number of carbonyl (C=O) groups excluding carboxylic acids is 1. The van der Waals surface area contributed by atoms with Gasteiger partial charge in [0.25, 0.3) is 0 Å². The number of rotatable bonds is 5. The molecule has 0 fully saturated rings. The maximum atomic E-state index is 13.8. The first kappa shape index (κ1) is 19.2. The Kier molecular flexibility index (Phi) is 4.97. The zero-order valence-electron chi connectivity index (χ0n) is 16.2. The zero-order chi connectivity index (χ0) is 21.3. The molecule has 3 heterocycles. The van der Waals surface area contributed by atoms with Crippen molar-refractivity contribution in [2.75, 3.05) is 12.4 Å². The molecule has 3 aromatic heterocycles. The van der Waals surface area contributed by atoms with Crippen molar-refractivity contribution in [2.45, 2.75) is 13.5 Å². The highest BCUT2D eigenvalue weighted by atomic mass is 19.1. The lowest BCUT2D eigenvalue weighted by Crippen LogP contribution is -2.28. The molecule has 0 saturated heterocycles. The lowest BCUT2D eigenvalue weighted by molar-refractivity contribution is -0.117. The Morgan fingerprint density at radius 3 is 2.73 bits per heavy atom. The van der Waals surface area contributed by atoms with Crippen LogP contribution in [0.1, 0.15) is 5.82 Å². The number of benzene rings is 1. The van der Waals surface area contributed by atoms with Gasteiger partial charge >= 0.3 is 5.69 Å². The minimum atomic E-state index is -0.607. The fourth-order valence-corrected chi connectivity index (χ4v) is 3.03. The molecule has 0 aliphatic carbocycles. The predicted molar refractivity (Wildman–Crippen MR) is 107 cm³/mol. The third-order valence-electron chi connectivity index (χ3n) is 4.39. The molecule has 4 rings (SSSR count). The van der Waals surface area contributed by atoms with Crippen LogP contribution in [0.4, 0.5) is 10.1 Å². The van der Waals surface area contributed by atoms with E-state index in [4.69, 9.17) is 4.74 Å². The third kappa shape index (κ3) is 3.62. The smallest absolute Gasteiger partial charge is 0.352 e. The molecule has 4 aromatic rings. The lowest BCUT2D eigenvalue weighted by Gasteiger charge is -2.07. The first-order valence-corrected chi connectivity index (χ1v) is 8.98. The lowest BCUT2D eigenvalue weighted by atomic mass is 10.2. The van der Waals surface area contributed by atoms with Crippen molar-refractivity contribution in [1.82, 2.24) is 24.1 Å². The predicted octanol–water partition coefficient (Wildman–Crippen LogP) is 2.05. The van der Waals surface area contributed by atoms with E-state index in [1.54, 1.807) is 31.3 Å². The number of fused-ring (bicyclic) bond motifs is 1. The van der Waals surface area contributed by atoms with Crippen LogP contribution in [0.2, 0.25) is 0 Å². The van der Waals surface area contributed by atoms with Crippen LogP contribution >= 0.6 is 0 Å². The molecular weight excluding hydrogens is 391 g/mol. The molecule has 30 heavy (non-hydrogen) atoms. The van der Waals surface area contributed by atoms with E-state index in [1.807, 2.05) is 6.07 Å². The van der Waals surface area contributed by atoms with Gasteiger partial charge in [0, 0.05) is 24.0 Å². The van der Waals surface area contributed by atoms with E-state index < -0.39 is 17.4 Å². The summed E-state index contributed by atoms with van der Waals surface area (Å²) in [6.07, 6.45) is 1.65. The minimum Gasteiger partial charge on any atom is -0.494 e. The standard InChI is InChI=1S/C20H17FN6O3/c1-12-23-16(15-5-3-4-8-22-15)10-18-25-26(20(29)27(12)18)11-19(28)24-13-6-7-17(30-2)14(21)9-13/h3-10H,11H2,1-2H3,(H,24,28). The first-order valence-electron chi connectivity index (χ1n) is 8.98. The number of carbonyl (C=O) groups is 1. The summed E-state index contributed by atoms with van der Waals surface area (Å²) in [4.78, 5) is 33.7. The normalized spacial score (nSPS) is 10.9. The van der Waals surface area contributed by atoms with Crippen LogP contribution < -0.4 is 15.7 Å². The van der Waals surface area contributed by atoms with E-state index in [1.165, 1.54) is 23.6 Å². The van der Waals surface area contributed by atoms with Crippen molar-refractivity contribution in [1.29, 1.82) is 0 Å². The van der Waals surface area contributed by atoms with Gasteiger partial charge in [-0.15, -0.1) is 5.10 Å². The number of pyridine rings is 1. The molecule has 0 aliphatic rings. The number of ether oxygens (including phenoxy) is 1. The summed E-state index contributed by atoms with van der Waals surface area (Å²) in [5.41, 5.74) is 1.29. The summed E-state index contributed by atoms with van der Waals surface area (Å²) in [6, 6.07) is 11.1. The van der Waals surface area contributed by atoms with Crippen molar-refractivity contribution in [3.05, 3.63) is 70.8 Å². The molecule has 0 radical (unpaired) electrons. The Balaban J connectivity index is 1.61. The van der Waals surface area contributed by atoms with Crippen molar-refractivity contribution in [3.63, 3.8) is 0 Å². The molecule has 0 unspecified atom stereocenters. The fraction of sp³-hybridized carbons (Fsp3) is 0.150. The number of methoxy groups -OCH3 is 1. The molecule has 10 heteroatoms. The molecule has 1 N–H and O–H groups in total. The molecule has 152 valence electrons. The maximum Gasteiger partial charge on any atom is 0.352 e. The van der Waals surface area contributed by atoms with Gasteiger partial charge in [-0.2, -0.15) is 0 Å². The molecule has 1 aromatic carbocycles. The van der Waals surface area contributed by atoms with Crippen LogP contribution in [-0.4, -0.2) is 37.2 Å². The van der Waals surface area contributed by atoms with Crippen molar-refractivity contribution in [2.24, 2.45) is 0 Å². The van der Waals surface area contributed by atoms with Gasteiger partial charge in [-0.25, -0.2) is 23.3 Å². The summed E-state index contributed by atoms with van der Waals surface area (Å²) >= 11 is 0. The highest BCUT2D eigenvalue weighted by Gasteiger charge is 2.15. The average Bonchev–Trinajstić information content (AvgIpc) is 3.04. The molecule has 0 spiro atoms. The largest absolute Gasteiger partial charge is 0.494 e. The van der Waals surface area contributed by atoms with Gasteiger partial charge in [-0.05, 0) is 31.2 Å². The van der Waals surface area contributed by atoms with Gasteiger partial charge in [0.05, 0.1) is 18.5 Å². The van der Waals surface area contributed by atoms with Gasteiger partial charge in [-0.1, -0.05) is 6.07 Å². The number of halogens is 1. The van der Waals surface area contributed by atoms with Crippen LogP contribution in [0.3, 0.4) is 0 Å². The second-order valence-electron chi connectivity index (χ2n) is 6.43. The molecular formula is C20H17FN6O3. The number of hydrogen-bond acceptors (Lipinski definition) is 6. The summed E-state index contributed by atoms with van der Waals surface area (Å²) < 4.78 is 21.0. The van der Waals surface area contributed by atoms with Crippen LogP contribution in [0.25, 0.3) is 17.0 Å². The third-order valence-corrected chi connectivity index (χ3v) is 4.39. The number of amides is 1. The van der Waals surface area contributed by atoms with Gasteiger partial charge < -0.3 is 10.1 Å². The number of aromatic nitrogens is 5. The summed E-state index contributed by atoms with van der Waals surface area (Å²) in [6.45, 7) is 1.33. The highest BCUT2D eigenvalue weighted by molar-refractivity contribution is 5.90. The summed E-state index contributed by atoms with van der Waals surface area (Å²) in [7, 11) is 1.35. The molecule has 0 aliphatic heterocycles. The van der Waals surface area contributed by atoms with Crippen molar-refractivity contribution in [3.8, 4) is 17.1 Å². The Morgan fingerprint density at radius 2 is 2.03 bits per heavy atom. The molecule has 1 amide bonds. The van der Waals surface area contributed by atoms with Gasteiger partial charge in [0.15, 0.2) is 17.2 Å². The molecule has 0 atom stereocenters. The molecule has 9 nitrogen and oxygen atoms in total. The van der Waals surface area contributed by atoms with Crippen molar-refractivity contribution < 1.29 is 13.9 Å². The van der Waals surface area contributed by atoms with E-state index in [0.29, 0.717) is 22.9 Å². The van der Waals surface area contributed by atoms with Crippen LogP contribution in [0.15, 0.2) is 53.5 Å². The number of nitrogens with zero attached hydrogens (tertiary/aromatic N) is 5. The van der Waals surface area contributed by atoms with Gasteiger partial charge in [-0.3, -0.25) is 9.78 Å². The quantitative estimate of drug-likeness (QED) is 0.542. The van der Waals surface area contributed by atoms with Crippen LogP contribution in [0, 0.1) is 12.7 Å². The van der Waals surface area contributed by atoms with Crippen molar-refractivity contribution >= 4 is 17.2 Å². The van der Waals surface area contributed by atoms with Gasteiger partial charge in [0.1, 0.15) is 12.4 Å². The van der Waals surface area contributed by atoms with E-state index in [0.717, 1.165) is 10.7 Å². The number of hydrogen-bond donors (Lipinski definition) is 1. The summed E-state index contributed by atoms with van der Waals surface area (Å²) in [5.74, 6) is -0.650. The van der Waals surface area contributed by atoms with Crippen LogP contribution in [0.5, 0.6) is 5.75 Å². The zero-order valence-corrected chi connectivity index (χ0v) is 16.2. The topological polar surface area (TPSA) is 103 Å². The Hall–Kier alpha value is -4.08. The van der Waals surface area contributed by atoms with E-state index >= 15 is 0 Å². The SMILES string of the molecule is COc1ccc(NC(=O)Cn2nc3cc(-c4ccccn4)nc(C)n3c2=O)cc1F. The highest BCUT2D eigenvalue weighted by Crippen LogP contribution is 2.20. The second-order valence-corrected chi connectivity index (χ2v) is 6.43. The number of anilines is 1. The fourth-order valence-electron chi connectivity index (χ4n) is 3.03. The van der Waals surface area contributed by atoms with E-state index in [9.17, 15) is 14.0 Å². The maximum absolute atomic E-state index is 13.8. The number of nitrogens with one attached hydrogen (secondary N) is 1. The van der Waals surface area contributed by atoms with Gasteiger partial charge in [0.2, 0.25) is 5.91 Å².